The van der Waals surface area contributed by atoms with Gasteiger partial charge in [0.1, 0.15) is 0 Å². The van der Waals surface area contributed by atoms with Crippen LogP contribution in [0.1, 0.15) is 64.9 Å². The van der Waals surface area contributed by atoms with E-state index < -0.39 is 0 Å². The van der Waals surface area contributed by atoms with Gasteiger partial charge in [0.2, 0.25) is 0 Å². The van der Waals surface area contributed by atoms with Crippen molar-refractivity contribution in [2.24, 2.45) is 5.41 Å². The van der Waals surface area contributed by atoms with Gasteiger partial charge in [0, 0.05) is 5.41 Å². The molecule has 1 saturated heterocycles. The molecule has 1 aliphatic rings. The smallest absolute Gasteiger partial charge is 0.180 e. The Hall–Kier alpha value is -1.12. The maximum absolute atomic E-state index is 6.12. The average molecular weight is 316 g/mol. The lowest BCUT2D eigenvalue weighted by Crippen LogP contribution is -2.40. The maximum atomic E-state index is 6.12. The third-order valence-corrected chi connectivity index (χ3v) is 4.54. The van der Waals surface area contributed by atoms with Crippen LogP contribution in [0.25, 0.3) is 6.08 Å². The summed E-state index contributed by atoms with van der Waals surface area (Å²) in [5.74, 6) is 0. The maximum Gasteiger partial charge on any atom is 0.180 e. The Balaban J connectivity index is 2.04. The molecule has 1 aromatic carbocycles. The molecule has 0 aliphatic carbocycles. The van der Waals surface area contributed by atoms with Crippen LogP contribution in [0, 0.1) is 5.41 Å². The molecule has 0 atom stereocenters. The Kier molecular flexibility index (Phi) is 7.32. The van der Waals surface area contributed by atoms with Crippen LogP contribution in [-0.2, 0) is 9.47 Å². The van der Waals surface area contributed by atoms with E-state index in [1.807, 2.05) is 0 Å². The fourth-order valence-corrected chi connectivity index (χ4v) is 3.21. The molecule has 128 valence electrons. The van der Waals surface area contributed by atoms with Crippen molar-refractivity contribution in [2.75, 3.05) is 13.2 Å². The molecule has 23 heavy (non-hydrogen) atoms. The molecule has 0 saturated carbocycles. The summed E-state index contributed by atoms with van der Waals surface area (Å²) in [6.45, 7) is 8.33. The van der Waals surface area contributed by atoms with Gasteiger partial charge in [-0.15, -0.1) is 0 Å². The minimum atomic E-state index is -0.169. The number of hydrogen-bond donors (Lipinski definition) is 0. The molecule has 0 amide bonds. The third-order valence-electron chi connectivity index (χ3n) is 4.54. The first-order valence-electron chi connectivity index (χ1n) is 9.15. The number of benzene rings is 1. The lowest BCUT2D eigenvalue weighted by molar-refractivity contribution is -0.209. The molecule has 1 heterocycles. The van der Waals surface area contributed by atoms with Gasteiger partial charge in [0.05, 0.1) is 13.2 Å². The van der Waals surface area contributed by atoms with Crippen LogP contribution >= 0.6 is 0 Å². The number of unbranched alkanes of at least 4 members (excludes halogenated alkanes) is 2. The van der Waals surface area contributed by atoms with Gasteiger partial charge in [0.15, 0.2) is 6.29 Å². The first-order chi connectivity index (χ1) is 11.2. The Morgan fingerprint density at radius 2 is 1.78 bits per heavy atom. The second kappa shape index (κ2) is 9.24. The predicted molar refractivity (Wildman–Crippen MR) is 97.3 cm³/mol. The molecular weight excluding hydrogens is 284 g/mol. The molecule has 0 aromatic heterocycles. The fraction of sp³-hybridized carbons (Fsp3) is 0.619. The molecule has 0 spiro atoms. The molecule has 1 fully saturated rings. The zero-order valence-electron chi connectivity index (χ0n) is 15.0. The molecule has 1 aromatic rings. The predicted octanol–water partition coefficient (Wildman–Crippen LogP) is 5.83. The van der Waals surface area contributed by atoms with Gasteiger partial charge in [-0.3, -0.25) is 0 Å². The van der Waals surface area contributed by atoms with E-state index in [9.17, 15) is 0 Å². The lowest BCUT2D eigenvalue weighted by atomic mass is 9.87. The summed E-state index contributed by atoms with van der Waals surface area (Å²) in [6, 6.07) is 10.5. The van der Waals surface area contributed by atoms with E-state index in [2.05, 4.69) is 57.2 Å². The zero-order valence-corrected chi connectivity index (χ0v) is 15.0. The van der Waals surface area contributed by atoms with Crippen LogP contribution in [0.3, 0.4) is 0 Å². The minimum Gasteiger partial charge on any atom is -0.348 e. The summed E-state index contributed by atoms with van der Waals surface area (Å²) in [6.07, 6.45) is 9.17. The van der Waals surface area contributed by atoms with Crippen LogP contribution in [0.4, 0.5) is 0 Å². The molecule has 0 bridgehead atoms. The highest BCUT2D eigenvalue weighted by atomic mass is 16.7. The lowest BCUT2D eigenvalue weighted by Gasteiger charge is -2.38. The topological polar surface area (TPSA) is 18.5 Å². The van der Waals surface area contributed by atoms with E-state index in [0.29, 0.717) is 0 Å². The summed E-state index contributed by atoms with van der Waals surface area (Å²) in [5.41, 5.74) is 2.68. The van der Waals surface area contributed by atoms with Gasteiger partial charge < -0.3 is 9.47 Å². The Labute approximate surface area is 141 Å². The van der Waals surface area contributed by atoms with Crippen molar-refractivity contribution in [1.29, 1.82) is 0 Å². The van der Waals surface area contributed by atoms with Crippen molar-refractivity contribution in [1.82, 2.24) is 0 Å². The van der Waals surface area contributed by atoms with Gasteiger partial charge in [-0.2, -0.15) is 0 Å². The van der Waals surface area contributed by atoms with E-state index in [0.717, 1.165) is 26.1 Å². The standard InChI is InChI=1S/C21H32O2/c1-4-6-8-13-19(15-18-11-9-7-10-12-18)20-22-16-21(3,14-5-2)17-23-20/h7,9-12,15,20H,4-6,8,13-14,16-17H2,1-3H3/b19-15-. The van der Waals surface area contributed by atoms with E-state index in [-0.39, 0.29) is 11.7 Å². The van der Waals surface area contributed by atoms with Crippen LogP contribution in [0.15, 0.2) is 35.9 Å². The normalized spacial score (nSPS) is 25.5. The van der Waals surface area contributed by atoms with Gasteiger partial charge in [-0.1, -0.05) is 76.4 Å². The summed E-state index contributed by atoms with van der Waals surface area (Å²) in [4.78, 5) is 0. The van der Waals surface area contributed by atoms with Crippen molar-refractivity contribution < 1.29 is 9.47 Å². The molecule has 1 aliphatic heterocycles. The summed E-state index contributed by atoms with van der Waals surface area (Å²) in [5, 5.41) is 0. The van der Waals surface area contributed by atoms with Crippen molar-refractivity contribution in [3.63, 3.8) is 0 Å². The largest absolute Gasteiger partial charge is 0.348 e. The van der Waals surface area contributed by atoms with E-state index in [1.54, 1.807) is 0 Å². The first kappa shape index (κ1) is 18.2. The van der Waals surface area contributed by atoms with E-state index >= 15 is 0 Å². The SMILES string of the molecule is CCCCC/C(=C/c1ccccc1)C1OCC(C)(CCC)CO1. The molecule has 0 radical (unpaired) electrons. The minimum absolute atomic E-state index is 0.169. The highest BCUT2D eigenvalue weighted by molar-refractivity contribution is 5.53. The van der Waals surface area contributed by atoms with E-state index in [1.165, 1.54) is 36.8 Å². The molecular formula is C21H32O2. The van der Waals surface area contributed by atoms with Crippen molar-refractivity contribution in [2.45, 2.75) is 65.6 Å². The van der Waals surface area contributed by atoms with Gasteiger partial charge >= 0.3 is 0 Å². The van der Waals surface area contributed by atoms with Crippen LogP contribution in [-0.4, -0.2) is 19.5 Å². The first-order valence-corrected chi connectivity index (χ1v) is 9.15. The van der Waals surface area contributed by atoms with Gasteiger partial charge in [-0.25, -0.2) is 0 Å². The molecule has 0 unspecified atom stereocenters. The van der Waals surface area contributed by atoms with Gasteiger partial charge in [-0.05, 0) is 30.4 Å². The third kappa shape index (κ3) is 5.78. The monoisotopic (exact) mass is 316 g/mol. The number of hydrogen-bond acceptors (Lipinski definition) is 2. The van der Waals surface area contributed by atoms with Crippen molar-refractivity contribution >= 4 is 6.08 Å². The number of ether oxygens (including phenoxy) is 2. The van der Waals surface area contributed by atoms with Crippen molar-refractivity contribution in [3.05, 3.63) is 41.5 Å². The molecule has 2 heteroatoms. The fourth-order valence-electron chi connectivity index (χ4n) is 3.21. The second-order valence-corrected chi connectivity index (χ2v) is 7.10. The van der Waals surface area contributed by atoms with Crippen LogP contribution in [0.5, 0.6) is 0 Å². The Morgan fingerprint density at radius 3 is 2.39 bits per heavy atom. The van der Waals surface area contributed by atoms with Crippen LogP contribution < -0.4 is 0 Å². The molecule has 2 rings (SSSR count). The second-order valence-electron chi connectivity index (χ2n) is 7.10. The highest BCUT2D eigenvalue weighted by Gasteiger charge is 2.33. The van der Waals surface area contributed by atoms with Gasteiger partial charge in [0.25, 0.3) is 0 Å². The summed E-state index contributed by atoms with van der Waals surface area (Å²) >= 11 is 0. The number of rotatable bonds is 8. The Bertz CT molecular complexity index is 470. The summed E-state index contributed by atoms with van der Waals surface area (Å²) < 4.78 is 12.2. The molecule has 2 nitrogen and oxygen atoms in total. The van der Waals surface area contributed by atoms with Crippen LogP contribution in [0.2, 0.25) is 0 Å². The highest BCUT2D eigenvalue weighted by Crippen LogP contribution is 2.32. The zero-order chi connectivity index (χ0) is 16.5. The summed E-state index contributed by atoms with van der Waals surface area (Å²) in [7, 11) is 0. The van der Waals surface area contributed by atoms with E-state index in [4.69, 9.17) is 9.47 Å². The molecule has 0 N–H and O–H groups in total. The average Bonchev–Trinajstić information content (AvgIpc) is 2.56. The van der Waals surface area contributed by atoms with Crippen molar-refractivity contribution in [3.8, 4) is 0 Å². The Morgan fingerprint density at radius 1 is 1.09 bits per heavy atom. The quantitative estimate of drug-likeness (QED) is 0.562.